The van der Waals surface area contributed by atoms with Gasteiger partial charge in [0.25, 0.3) is 5.56 Å². The monoisotopic (exact) mass is 338 g/mol. The number of hydrogen-bond acceptors (Lipinski definition) is 2. The molecule has 0 aliphatic heterocycles. The molecule has 0 aliphatic carbocycles. The van der Waals surface area contributed by atoms with Crippen LogP contribution in [0.5, 0.6) is 0 Å². The standard InChI is InChI=1S/C15H16BrFN2O/c1-8(2)6-12-13(16)15(20)19-14(18-12)10-4-5-11(17)9(3)7-10/h4-5,7-8H,6H2,1-3H3,(H,18,19,20). The van der Waals surface area contributed by atoms with Gasteiger partial charge in [-0.15, -0.1) is 0 Å². The van der Waals surface area contributed by atoms with Crippen LogP contribution in [0.15, 0.2) is 27.5 Å². The highest BCUT2D eigenvalue weighted by molar-refractivity contribution is 9.10. The predicted molar refractivity (Wildman–Crippen MR) is 81.2 cm³/mol. The first-order valence-electron chi connectivity index (χ1n) is 6.43. The van der Waals surface area contributed by atoms with E-state index in [1.54, 1.807) is 19.1 Å². The van der Waals surface area contributed by atoms with Crippen molar-refractivity contribution in [2.75, 3.05) is 0 Å². The molecular weight excluding hydrogens is 323 g/mol. The molecule has 0 bridgehead atoms. The Morgan fingerprint density at radius 2 is 2.10 bits per heavy atom. The van der Waals surface area contributed by atoms with Crippen LogP contribution < -0.4 is 5.56 Å². The van der Waals surface area contributed by atoms with Crippen LogP contribution in [0, 0.1) is 18.7 Å². The Morgan fingerprint density at radius 1 is 1.40 bits per heavy atom. The lowest BCUT2D eigenvalue weighted by molar-refractivity contribution is 0.618. The molecule has 0 unspecified atom stereocenters. The average Bonchev–Trinajstić information content (AvgIpc) is 2.37. The molecule has 1 aromatic carbocycles. The van der Waals surface area contributed by atoms with Gasteiger partial charge in [0, 0.05) is 5.56 Å². The van der Waals surface area contributed by atoms with Crippen LogP contribution in [0.3, 0.4) is 0 Å². The third kappa shape index (κ3) is 3.15. The van der Waals surface area contributed by atoms with Gasteiger partial charge in [-0.05, 0) is 59.0 Å². The van der Waals surface area contributed by atoms with Crippen LogP contribution in [-0.4, -0.2) is 9.97 Å². The molecule has 1 heterocycles. The molecule has 5 heteroatoms. The van der Waals surface area contributed by atoms with Crippen LogP contribution in [0.1, 0.15) is 25.1 Å². The van der Waals surface area contributed by atoms with Crippen molar-refractivity contribution in [3.8, 4) is 11.4 Å². The van der Waals surface area contributed by atoms with Crippen LogP contribution in [-0.2, 0) is 6.42 Å². The lowest BCUT2D eigenvalue weighted by atomic mass is 10.1. The van der Waals surface area contributed by atoms with Gasteiger partial charge >= 0.3 is 0 Å². The summed E-state index contributed by atoms with van der Waals surface area (Å²) >= 11 is 3.28. The minimum absolute atomic E-state index is 0.215. The molecule has 1 aromatic heterocycles. The Bertz CT molecular complexity index is 695. The Hall–Kier alpha value is -1.49. The van der Waals surface area contributed by atoms with Crippen LogP contribution in [0.2, 0.25) is 0 Å². The average molecular weight is 339 g/mol. The molecule has 0 aliphatic rings. The van der Waals surface area contributed by atoms with Crippen LogP contribution >= 0.6 is 15.9 Å². The van der Waals surface area contributed by atoms with Gasteiger partial charge < -0.3 is 4.98 Å². The summed E-state index contributed by atoms with van der Waals surface area (Å²) in [6.45, 7) is 5.82. The molecule has 0 saturated heterocycles. The molecular formula is C15H16BrFN2O. The molecule has 0 fully saturated rings. The Kier molecular flexibility index (Phi) is 4.38. The number of aryl methyl sites for hydroxylation is 1. The van der Waals surface area contributed by atoms with Gasteiger partial charge in [0.05, 0.1) is 5.69 Å². The quantitative estimate of drug-likeness (QED) is 0.923. The first-order chi connectivity index (χ1) is 9.38. The molecule has 1 N–H and O–H groups in total. The van der Waals surface area contributed by atoms with E-state index >= 15 is 0 Å². The van der Waals surface area contributed by atoms with E-state index in [0.29, 0.717) is 33.8 Å². The maximum absolute atomic E-state index is 13.3. The first-order valence-corrected chi connectivity index (χ1v) is 7.23. The van der Waals surface area contributed by atoms with Crippen LogP contribution in [0.4, 0.5) is 4.39 Å². The molecule has 0 atom stereocenters. The van der Waals surface area contributed by atoms with Gasteiger partial charge in [-0.2, -0.15) is 0 Å². The lowest BCUT2D eigenvalue weighted by Gasteiger charge is -2.09. The van der Waals surface area contributed by atoms with Crippen molar-refractivity contribution in [1.29, 1.82) is 0 Å². The topological polar surface area (TPSA) is 45.8 Å². The molecule has 0 radical (unpaired) electrons. The summed E-state index contributed by atoms with van der Waals surface area (Å²) in [6.07, 6.45) is 0.706. The summed E-state index contributed by atoms with van der Waals surface area (Å²) in [4.78, 5) is 19.2. The lowest BCUT2D eigenvalue weighted by Crippen LogP contribution is -2.15. The number of rotatable bonds is 3. The summed E-state index contributed by atoms with van der Waals surface area (Å²) in [7, 11) is 0. The van der Waals surface area contributed by atoms with E-state index in [9.17, 15) is 9.18 Å². The number of benzene rings is 1. The number of halogens is 2. The largest absolute Gasteiger partial charge is 0.306 e. The third-order valence-corrected chi connectivity index (χ3v) is 3.78. The maximum Gasteiger partial charge on any atom is 0.265 e. The normalized spacial score (nSPS) is 11.1. The number of aromatic amines is 1. The first kappa shape index (κ1) is 14.9. The number of nitrogens with zero attached hydrogens (tertiary/aromatic N) is 1. The van der Waals surface area contributed by atoms with Gasteiger partial charge in [-0.25, -0.2) is 9.37 Å². The summed E-state index contributed by atoms with van der Waals surface area (Å²) in [6, 6.07) is 4.68. The number of aromatic nitrogens is 2. The molecule has 0 amide bonds. The second kappa shape index (κ2) is 5.87. The zero-order valence-electron chi connectivity index (χ0n) is 11.6. The Balaban J connectivity index is 2.54. The predicted octanol–water partition coefficient (Wildman–Crippen LogP) is 3.85. The highest BCUT2D eigenvalue weighted by Gasteiger charge is 2.12. The van der Waals surface area contributed by atoms with E-state index in [1.165, 1.54) is 6.07 Å². The molecule has 3 nitrogen and oxygen atoms in total. The minimum atomic E-state index is -0.268. The molecule has 106 valence electrons. The van der Waals surface area contributed by atoms with Crippen molar-refractivity contribution < 1.29 is 4.39 Å². The van der Waals surface area contributed by atoms with E-state index in [4.69, 9.17) is 0 Å². The zero-order valence-corrected chi connectivity index (χ0v) is 13.2. The number of H-pyrrole nitrogens is 1. The zero-order chi connectivity index (χ0) is 14.9. The van der Waals surface area contributed by atoms with E-state index in [-0.39, 0.29) is 11.4 Å². The van der Waals surface area contributed by atoms with Crippen molar-refractivity contribution in [2.24, 2.45) is 5.92 Å². The second-order valence-corrected chi connectivity index (χ2v) is 6.03. The van der Waals surface area contributed by atoms with Crippen molar-refractivity contribution in [2.45, 2.75) is 27.2 Å². The number of nitrogens with one attached hydrogen (secondary N) is 1. The summed E-state index contributed by atoms with van der Waals surface area (Å²) in [5, 5.41) is 0. The van der Waals surface area contributed by atoms with E-state index < -0.39 is 0 Å². The maximum atomic E-state index is 13.3. The SMILES string of the molecule is Cc1cc(-c2nc(CC(C)C)c(Br)c(=O)[nH]2)ccc1F. The van der Waals surface area contributed by atoms with Crippen molar-refractivity contribution in [1.82, 2.24) is 9.97 Å². The molecule has 2 aromatic rings. The Morgan fingerprint density at radius 3 is 2.70 bits per heavy atom. The highest BCUT2D eigenvalue weighted by atomic mass is 79.9. The van der Waals surface area contributed by atoms with Crippen molar-refractivity contribution >= 4 is 15.9 Å². The Labute approximate surface area is 125 Å². The fraction of sp³-hybridized carbons (Fsp3) is 0.333. The van der Waals surface area contributed by atoms with Crippen molar-refractivity contribution in [3.05, 3.63) is 50.1 Å². The third-order valence-electron chi connectivity index (χ3n) is 2.96. The second-order valence-electron chi connectivity index (χ2n) is 5.24. The van der Waals surface area contributed by atoms with E-state index in [0.717, 1.165) is 5.69 Å². The van der Waals surface area contributed by atoms with Gasteiger partial charge in [0.2, 0.25) is 0 Å². The number of hydrogen-bond donors (Lipinski definition) is 1. The molecule has 20 heavy (non-hydrogen) atoms. The molecule has 0 saturated carbocycles. The van der Waals surface area contributed by atoms with E-state index in [2.05, 4.69) is 39.7 Å². The fourth-order valence-electron chi connectivity index (χ4n) is 1.96. The van der Waals surface area contributed by atoms with Gasteiger partial charge in [-0.1, -0.05) is 13.8 Å². The molecule has 0 spiro atoms. The summed E-state index contributed by atoms with van der Waals surface area (Å²) in [5.74, 6) is 0.593. The van der Waals surface area contributed by atoms with Gasteiger partial charge in [0.1, 0.15) is 16.1 Å². The van der Waals surface area contributed by atoms with Crippen molar-refractivity contribution in [3.63, 3.8) is 0 Å². The summed E-state index contributed by atoms with van der Waals surface area (Å²) < 4.78 is 13.8. The fourth-order valence-corrected chi connectivity index (χ4v) is 2.31. The smallest absolute Gasteiger partial charge is 0.265 e. The van der Waals surface area contributed by atoms with Gasteiger partial charge in [0.15, 0.2) is 0 Å². The highest BCUT2D eigenvalue weighted by Crippen LogP contribution is 2.21. The van der Waals surface area contributed by atoms with Crippen LogP contribution in [0.25, 0.3) is 11.4 Å². The minimum Gasteiger partial charge on any atom is -0.306 e. The molecule has 2 rings (SSSR count). The van der Waals surface area contributed by atoms with E-state index in [1.807, 2.05) is 0 Å². The van der Waals surface area contributed by atoms with Gasteiger partial charge in [-0.3, -0.25) is 4.79 Å². The summed E-state index contributed by atoms with van der Waals surface area (Å²) in [5.41, 5.74) is 1.74.